The molecule has 0 bridgehead atoms. The number of hydrogen-bond donors (Lipinski definition) is 0. The molecule has 3 aliphatic rings. The second-order valence-corrected chi connectivity index (χ2v) is 7.45. The van der Waals surface area contributed by atoms with Gasteiger partial charge in [0.25, 0.3) is 0 Å². The van der Waals surface area contributed by atoms with Crippen molar-refractivity contribution in [2.75, 3.05) is 0 Å². The van der Waals surface area contributed by atoms with Gasteiger partial charge in [-0.25, -0.2) is 36.4 Å². The number of nitrogens with zero attached hydrogens (tertiary/aromatic N) is 3. The van der Waals surface area contributed by atoms with Gasteiger partial charge >= 0.3 is 51.2 Å². The topological polar surface area (TPSA) is 141 Å². The van der Waals surface area contributed by atoms with E-state index in [-0.39, 0.29) is 69.0 Å². The van der Waals surface area contributed by atoms with Crippen molar-refractivity contribution in [3.8, 4) is 18.2 Å². The maximum absolute atomic E-state index is 8.42. The molecule has 0 N–H and O–H groups in total. The average molecular weight is 695 g/mol. The normalized spacial score (nSPS) is 12.0. The van der Waals surface area contributed by atoms with E-state index in [4.69, 9.17) is 30.9 Å². The molecule has 222 valence electrons. The molecule has 3 aromatic carbocycles. The van der Waals surface area contributed by atoms with E-state index < -0.39 is 7.32 Å². The van der Waals surface area contributed by atoms with Crippen LogP contribution in [0.1, 0.15) is 0 Å². The van der Waals surface area contributed by atoms with E-state index in [0.717, 1.165) is 0 Å². The summed E-state index contributed by atoms with van der Waals surface area (Å²) in [5, 5.41) is 49.9. The third kappa shape index (κ3) is 34.6. The summed E-state index contributed by atoms with van der Waals surface area (Å²) in [7, 11) is -2.92. The van der Waals surface area contributed by atoms with E-state index in [2.05, 4.69) is 18.2 Å². The summed E-state index contributed by atoms with van der Waals surface area (Å²) in [6.45, 7) is 0. The Balaban J connectivity index is -0.000000206. The fourth-order valence-corrected chi connectivity index (χ4v) is 2.52. The van der Waals surface area contributed by atoms with Gasteiger partial charge < -0.3 is 15.1 Å². The molecule has 0 saturated heterocycles. The van der Waals surface area contributed by atoms with Crippen molar-refractivity contribution >= 4 is 7.32 Å². The number of allylic oxidation sites excluding steroid dienone is 12. The molecule has 0 aromatic heterocycles. The maximum atomic E-state index is 8.42. The Morgan fingerprint density at radius 1 is 0.419 bits per heavy atom. The van der Waals surface area contributed by atoms with E-state index in [1.165, 1.54) is 0 Å². The molecule has 10 heteroatoms. The predicted octanol–water partition coefficient (Wildman–Crippen LogP) is 4.02. The van der Waals surface area contributed by atoms with Crippen LogP contribution < -0.4 is 15.1 Å². The van der Waals surface area contributed by atoms with Crippen molar-refractivity contribution in [3.05, 3.63) is 164 Å². The third-order valence-corrected chi connectivity index (χ3v) is 4.36. The van der Waals surface area contributed by atoms with Crippen LogP contribution >= 0.6 is 0 Å². The summed E-state index contributed by atoms with van der Waals surface area (Å²) in [5.41, 5.74) is 0. The van der Waals surface area contributed by atoms with Gasteiger partial charge in [-0.1, -0.05) is 72.9 Å². The van der Waals surface area contributed by atoms with Crippen LogP contribution in [-0.4, -0.2) is 7.32 Å². The third-order valence-electron chi connectivity index (χ3n) is 4.36. The molecular weight excluding hydrogens is 665 g/mol. The van der Waals surface area contributed by atoms with Crippen LogP contribution in [0.4, 0.5) is 0 Å². The Morgan fingerprint density at radius 2 is 0.581 bits per heavy atom. The zero-order chi connectivity index (χ0) is 29.5. The van der Waals surface area contributed by atoms with Gasteiger partial charge in [-0.3, -0.25) is 7.32 Å². The molecule has 0 saturated carbocycles. The van der Waals surface area contributed by atoms with Gasteiger partial charge in [0.15, 0.2) is 0 Å². The molecule has 0 radical (unpaired) electrons. The standard InChI is InChI=1S/3C6H5N.3C5H5.BO3.3Fe/c3*7-5-6-3-1-2-4-6;3*1-2-4-5-3-1;2-1(3)4;;;/h3*1-4,6H;3*1-5H;;;;/q;;;3*-1;-3;3*+2. The minimum Gasteiger partial charge on any atom is -0.907 e. The van der Waals surface area contributed by atoms with E-state index in [1.807, 2.05) is 164 Å². The van der Waals surface area contributed by atoms with Crippen molar-refractivity contribution in [1.82, 2.24) is 0 Å². The zero-order valence-electron chi connectivity index (χ0n) is 23.0. The Bertz CT molecular complexity index is 1000. The molecule has 0 aliphatic heterocycles. The van der Waals surface area contributed by atoms with Crippen LogP contribution in [0.3, 0.4) is 0 Å². The van der Waals surface area contributed by atoms with E-state index in [1.54, 1.807) is 0 Å². The number of nitriles is 3. The largest absolute Gasteiger partial charge is 2.00 e. The summed E-state index contributed by atoms with van der Waals surface area (Å²) in [6, 6.07) is 36.3. The summed E-state index contributed by atoms with van der Waals surface area (Å²) >= 11 is 0. The Hall–Kier alpha value is -3.54. The molecule has 3 aromatic rings. The van der Waals surface area contributed by atoms with Crippen molar-refractivity contribution in [3.63, 3.8) is 0 Å². The smallest absolute Gasteiger partial charge is 0.907 e. The fourth-order valence-electron chi connectivity index (χ4n) is 2.52. The molecular formula is C33H30BFe3N3O3. The molecule has 0 heterocycles. The van der Waals surface area contributed by atoms with Gasteiger partial charge in [-0.2, -0.15) is 70.4 Å². The van der Waals surface area contributed by atoms with Crippen LogP contribution in [0.2, 0.25) is 0 Å². The number of rotatable bonds is 0. The van der Waals surface area contributed by atoms with Crippen LogP contribution in [0.5, 0.6) is 0 Å². The summed E-state index contributed by atoms with van der Waals surface area (Å²) in [4.78, 5) is 0. The van der Waals surface area contributed by atoms with Crippen LogP contribution in [0.25, 0.3) is 0 Å². The molecule has 3 aliphatic carbocycles. The molecule has 0 unspecified atom stereocenters. The van der Waals surface area contributed by atoms with Gasteiger partial charge in [0.05, 0.1) is 36.0 Å². The number of hydrogen-bond acceptors (Lipinski definition) is 6. The van der Waals surface area contributed by atoms with Crippen LogP contribution in [-0.2, 0) is 51.2 Å². The first-order valence-electron chi connectivity index (χ1n) is 12.2. The Kier molecular flexibility index (Phi) is 39.4. The molecule has 0 spiro atoms. The molecule has 6 nitrogen and oxygen atoms in total. The zero-order valence-corrected chi connectivity index (χ0v) is 26.3. The van der Waals surface area contributed by atoms with Gasteiger partial charge in [0.1, 0.15) is 0 Å². The van der Waals surface area contributed by atoms with Crippen molar-refractivity contribution in [2.24, 2.45) is 17.8 Å². The fraction of sp³-hybridized carbons (Fsp3) is 0.0909. The van der Waals surface area contributed by atoms with Gasteiger partial charge in [0, 0.05) is 0 Å². The van der Waals surface area contributed by atoms with Gasteiger partial charge in [-0.15, -0.1) is 0 Å². The van der Waals surface area contributed by atoms with Crippen molar-refractivity contribution in [2.45, 2.75) is 0 Å². The minimum absolute atomic E-state index is 0. The maximum Gasteiger partial charge on any atom is 2.00 e. The van der Waals surface area contributed by atoms with Crippen molar-refractivity contribution < 1.29 is 66.3 Å². The Labute approximate surface area is 287 Å². The SMILES string of the molecule is N#CC1C=CC=C1.N#CC1C=CC=C1.N#CC1C=CC=C1.[Fe+2].[Fe+2].[Fe+2].[O-]B([O-])[O-].c1cc[cH-]c1.c1cc[cH-]c1.c1cc[cH-]c1. The summed E-state index contributed by atoms with van der Waals surface area (Å²) < 4.78 is 0. The molecule has 43 heavy (non-hydrogen) atoms. The molecule has 0 amide bonds. The van der Waals surface area contributed by atoms with Crippen LogP contribution in [0, 0.1) is 51.7 Å². The first-order chi connectivity index (χ1) is 19.5. The summed E-state index contributed by atoms with van der Waals surface area (Å²) in [6.07, 6.45) is 22.5. The second kappa shape index (κ2) is 36.5. The average Bonchev–Trinajstić information content (AvgIpc) is 3.83. The molecule has 0 atom stereocenters. The minimum atomic E-state index is -2.92. The quantitative estimate of drug-likeness (QED) is 0.257. The summed E-state index contributed by atoms with van der Waals surface area (Å²) in [5.74, 6) is 0.125. The van der Waals surface area contributed by atoms with Crippen LogP contribution in [0.15, 0.2) is 164 Å². The van der Waals surface area contributed by atoms with Gasteiger partial charge in [-0.05, 0) is 0 Å². The first kappa shape index (κ1) is 46.4. The Morgan fingerprint density at radius 3 is 0.651 bits per heavy atom. The van der Waals surface area contributed by atoms with E-state index >= 15 is 0 Å². The molecule has 0 fully saturated rings. The van der Waals surface area contributed by atoms with Crippen molar-refractivity contribution in [1.29, 1.82) is 15.8 Å². The van der Waals surface area contributed by atoms with E-state index in [0.29, 0.717) is 0 Å². The monoisotopic (exact) mass is 695 g/mol. The molecule has 6 rings (SSSR count). The second-order valence-electron chi connectivity index (χ2n) is 7.45. The van der Waals surface area contributed by atoms with E-state index in [9.17, 15) is 0 Å². The first-order valence-corrected chi connectivity index (χ1v) is 12.2. The van der Waals surface area contributed by atoms with Gasteiger partial charge in [0.2, 0.25) is 0 Å². The predicted molar refractivity (Wildman–Crippen MR) is 154 cm³/mol.